The SMILES string of the molecule is CCn1nc(CNC(C)c2cnn(CC)c2C)cc1C(F)(F)F. The zero-order valence-electron chi connectivity index (χ0n) is 13.8. The van der Waals surface area contributed by atoms with Gasteiger partial charge in [0.05, 0.1) is 11.9 Å². The summed E-state index contributed by atoms with van der Waals surface area (Å²) in [5, 5.41) is 11.5. The molecule has 8 heteroatoms. The molecule has 23 heavy (non-hydrogen) atoms. The molecule has 0 radical (unpaired) electrons. The molecule has 0 bridgehead atoms. The lowest BCUT2D eigenvalue weighted by atomic mass is 10.1. The molecule has 2 aromatic rings. The Hall–Kier alpha value is -1.83. The molecule has 2 rings (SSSR count). The van der Waals surface area contributed by atoms with Crippen molar-refractivity contribution in [2.75, 3.05) is 0 Å². The number of nitrogens with one attached hydrogen (secondary N) is 1. The van der Waals surface area contributed by atoms with Crippen molar-refractivity contribution >= 4 is 0 Å². The van der Waals surface area contributed by atoms with Crippen molar-refractivity contribution in [2.45, 2.75) is 59.5 Å². The van der Waals surface area contributed by atoms with Crippen molar-refractivity contribution in [3.63, 3.8) is 0 Å². The van der Waals surface area contributed by atoms with Crippen LogP contribution >= 0.6 is 0 Å². The van der Waals surface area contributed by atoms with E-state index in [4.69, 9.17) is 0 Å². The van der Waals surface area contributed by atoms with Gasteiger partial charge >= 0.3 is 6.18 Å². The van der Waals surface area contributed by atoms with E-state index in [9.17, 15) is 13.2 Å². The summed E-state index contributed by atoms with van der Waals surface area (Å²) in [6.45, 7) is 8.85. The fraction of sp³-hybridized carbons (Fsp3) is 0.600. The summed E-state index contributed by atoms with van der Waals surface area (Å²) >= 11 is 0. The molecule has 1 atom stereocenters. The average molecular weight is 329 g/mol. The molecule has 128 valence electrons. The first-order valence-electron chi connectivity index (χ1n) is 7.67. The van der Waals surface area contributed by atoms with E-state index in [2.05, 4.69) is 15.5 Å². The zero-order valence-corrected chi connectivity index (χ0v) is 13.8. The number of halogens is 3. The summed E-state index contributed by atoms with van der Waals surface area (Å²) in [5.41, 5.74) is 1.77. The van der Waals surface area contributed by atoms with Crippen molar-refractivity contribution in [3.05, 3.63) is 34.9 Å². The second-order valence-corrected chi connectivity index (χ2v) is 5.44. The second kappa shape index (κ2) is 6.74. The largest absolute Gasteiger partial charge is 0.433 e. The van der Waals surface area contributed by atoms with Crippen LogP contribution in [0.5, 0.6) is 0 Å². The lowest BCUT2D eigenvalue weighted by molar-refractivity contribution is -0.144. The first kappa shape index (κ1) is 17.5. The number of aryl methyl sites for hydroxylation is 2. The molecule has 2 heterocycles. The number of alkyl halides is 3. The number of hydrogen-bond donors (Lipinski definition) is 1. The minimum Gasteiger partial charge on any atom is -0.304 e. The van der Waals surface area contributed by atoms with Gasteiger partial charge in [0, 0.05) is 36.9 Å². The van der Waals surface area contributed by atoms with Crippen molar-refractivity contribution in [1.29, 1.82) is 0 Å². The number of rotatable bonds is 6. The number of hydrogen-bond acceptors (Lipinski definition) is 3. The average Bonchev–Trinajstić information content (AvgIpc) is 3.07. The van der Waals surface area contributed by atoms with E-state index in [1.54, 1.807) is 13.1 Å². The van der Waals surface area contributed by atoms with E-state index in [0.29, 0.717) is 5.69 Å². The molecule has 0 aliphatic rings. The van der Waals surface area contributed by atoms with Gasteiger partial charge < -0.3 is 5.32 Å². The molecule has 2 aromatic heterocycles. The standard InChI is InChI=1S/C15H22F3N5/c1-5-22-11(4)13(9-20-22)10(3)19-8-12-7-14(15(16,17)18)23(6-2)21-12/h7,9-10,19H,5-6,8H2,1-4H3. The summed E-state index contributed by atoms with van der Waals surface area (Å²) in [6.07, 6.45) is -2.59. The maximum absolute atomic E-state index is 12.9. The van der Waals surface area contributed by atoms with Crippen LogP contribution in [0, 0.1) is 6.92 Å². The lowest BCUT2D eigenvalue weighted by Gasteiger charge is -2.12. The molecule has 0 fully saturated rings. The van der Waals surface area contributed by atoms with Gasteiger partial charge in [-0.05, 0) is 33.8 Å². The quantitative estimate of drug-likeness (QED) is 0.884. The molecule has 0 aliphatic carbocycles. The van der Waals surface area contributed by atoms with Crippen molar-refractivity contribution in [3.8, 4) is 0 Å². The van der Waals surface area contributed by atoms with Crippen LogP contribution in [0.25, 0.3) is 0 Å². The predicted molar refractivity (Wildman–Crippen MR) is 80.8 cm³/mol. The first-order valence-corrected chi connectivity index (χ1v) is 7.67. The highest BCUT2D eigenvalue weighted by atomic mass is 19.4. The Morgan fingerprint density at radius 3 is 2.35 bits per heavy atom. The minimum absolute atomic E-state index is 0.0172. The minimum atomic E-state index is -4.38. The molecule has 0 saturated carbocycles. The highest BCUT2D eigenvalue weighted by Crippen LogP contribution is 2.30. The Labute approximate surface area is 133 Å². The molecule has 0 amide bonds. The molecule has 5 nitrogen and oxygen atoms in total. The fourth-order valence-corrected chi connectivity index (χ4v) is 2.60. The normalized spacial score (nSPS) is 13.5. The third-order valence-corrected chi connectivity index (χ3v) is 3.92. The smallest absolute Gasteiger partial charge is 0.304 e. The summed E-state index contributed by atoms with van der Waals surface area (Å²) in [4.78, 5) is 0. The van der Waals surface area contributed by atoms with Crippen LogP contribution in [0.1, 0.15) is 49.5 Å². The van der Waals surface area contributed by atoms with Crippen LogP contribution < -0.4 is 5.32 Å². The molecule has 0 spiro atoms. The lowest BCUT2D eigenvalue weighted by Crippen LogP contribution is -2.19. The highest BCUT2D eigenvalue weighted by Gasteiger charge is 2.35. The van der Waals surface area contributed by atoms with Gasteiger partial charge in [-0.3, -0.25) is 9.36 Å². The van der Waals surface area contributed by atoms with Crippen LogP contribution in [0.15, 0.2) is 12.3 Å². The van der Waals surface area contributed by atoms with Crippen LogP contribution in [-0.2, 0) is 25.8 Å². The predicted octanol–water partition coefficient (Wildman–Crippen LogP) is 3.30. The zero-order chi connectivity index (χ0) is 17.2. The Morgan fingerprint density at radius 1 is 1.22 bits per heavy atom. The fourth-order valence-electron chi connectivity index (χ4n) is 2.60. The van der Waals surface area contributed by atoms with E-state index in [0.717, 1.165) is 28.6 Å². The summed E-state index contributed by atoms with van der Waals surface area (Å²) in [7, 11) is 0. The molecular weight excluding hydrogens is 307 g/mol. The molecule has 0 aromatic carbocycles. The molecule has 1 N–H and O–H groups in total. The monoisotopic (exact) mass is 329 g/mol. The summed E-state index contributed by atoms with van der Waals surface area (Å²) in [5.74, 6) is 0. The molecular formula is C15H22F3N5. The molecule has 1 unspecified atom stereocenters. The number of nitrogens with zero attached hydrogens (tertiary/aromatic N) is 4. The van der Waals surface area contributed by atoms with Gasteiger partial charge in [-0.1, -0.05) is 0 Å². The number of aromatic nitrogens is 4. The highest BCUT2D eigenvalue weighted by molar-refractivity contribution is 5.20. The first-order chi connectivity index (χ1) is 10.8. The molecule has 0 aliphatic heterocycles. The van der Waals surface area contributed by atoms with Gasteiger partial charge in [0.1, 0.15) is 5.69 Å². The third-order valence-electron chi connectivity index (χ3n) is 3.92. The van der Waals surface area contributed by atoms with Crippen LogP contribution in [0.3, 0.4) is 0 Å². The van der Waals surface area contributed by atoms with E-state index < -0.39 is 11.9 Å². The van der Waals surface area contributed by atoms with Gasteiger partial charge in [-0.2, -0.15) is 23.4 Å². The summed E-state index contributed by atoms with van der Waals surface area (Å²) in [6, 6.07) is 1.09. The van der Waals surface area contributed by atoms with E-state index in [-0.39, 0.29) is 19.1 Å². The van der Waals surface area contributed by atoms with Crippen molar-refractivity contribution in [1.82, 2.24) is 24.9 Å². The van der Waals surface area contributed by atoms with Crippen LogP contribution in [-0.4, -0.2) is 19.6 Å². The van der Waals surface area contributed by atoms with Crippen LogP contribution in [0.2, 0.25) is 0 Å². The topological polar surface area (TPSA) is 47.7 Å². The van der Waals surface area contributed by atoms with Gasteiger partial charge in [-0.15, -0.1) is 0 Å². The maximum Gasteiger partial charge on any atom is 0.433 e. The van der Waals surface area contributed by atoms with Gasteiger partial charge in [0.25, 0.3) is 0 Å². The Morgan fingerprint density at radius 2 is 1.87 bits per heavy atom. The maximum atomic E-state index is 12.9. The Kier molecular flexibility index (Phi) is 5.13. The molecule has 0 saturated heterocycles. The van der Waals surface area contributed by atoms with E-state index in [1.807, 2.05) is 25.5 Å². The second-order valence-electron chi connectivity index (χ2n) is 5.44. The Bertz CT molecular complexity index is 657. The van der Waals surface area contributed by atoms with Crippen LogP contribution in [0.4, 0.5) is 13.2 Å². The van der Waals surface area contributed by atoms with Crippen molar-refractivity contribution in [2.24, 2.45) is 0 Å². The van der Waals surface area contributed by atoms with E-state index >= 15 is 0 Å². The Balaban J connectivity index is 2.08. The van der Waals surface area contributed by atoms with E-state index in [1.165, 1.54) is 0 Å². The summed E-state index contributed by atoms with van der Waals surface area (Å²) < 4.78 is 41.6. The van der Waals surface area contributed by atoms with Gasteiger partial charge in [0.15, 0.2) is 0 Å². The van der Waals surface area contributed by atoms with Gasteiger partial charge in [0.2, 0.25) is 0 Å². The van der Waals surface area contributed by atoms with Crippen molar-refractivity contribution < 1.29 is 13.2 Å². The third kappa shape index (κ3) is 3.74. The van der Waals surface area contributed by atoms with Gasteiger partial charge in [-0.25, -0.2) is 0 Å².